The van der Waals surface area contributed by atoms with Gasteiger partial charge in [-0.15, -0.1) is 0 Å². The SMILES string of the molecule is CC(C)(C)c1ccc(CCC(=O)NCc2ccc(NS(C)(=O)=O)cc2C(F)(F)F)cc1. The maximum absolute atomic E-state index is 13.4. The van der Waals surface area contributed by atoms with E-state index >= 15 is 0 Å². The minimum Gasteiger partial charge on any atom is -0.352 e. The lowest BCUT2D eigenvalue weighted by Crippen LogP contribution is -2.25. The molecule has 0 heterocycles. The number of alkyl halides is 3. The Hall–Kier alpha value is -2.55. The maximum Gasteiger partial charge on any atom is 0.416 e. The Labute approximate surface area is 181 Å². The Morgan fingerprint density at radius 1 is 1.00 bits per heavy atom. The number of hydrogen-bond donors (Lipinski definition) is 2. The third-order valence-electron chi connectivity index (χ3n) is 4.66. The molecule has 0 saturated heterocycles. The molecule has 5 nitrogen and oxygen atoms in total. The summed E-state index contributed by atoms with van der Waals surface area (Å²) in [5.74, 6) is -0.369. The van der Waals surface area contributed by atoms with Crippen LogP contribution in [0.25, 0.3) is 0 Å². The van der Waals surface area contributed by atoms with Gasteiger partial charge in [-0.05, 0) is 40.7 Å². The number of carbonyl (C=O) groups is 1. The van der Waals surface area contributed by atoms with E-state index in [2.05, 4.69) is 26.1 Å². The van der Waals surface area contributed by atoms with E-state index < -0.39 is 21.8 Å². The summed E-state index contributed by atoms with van der Waals surface area (Å²) < 4.78 is 64.7. The molecular weight excluding hydrogens is 429 g/mol. The van der Waals surface area contributed by atoms with Crippen LogP contribution in [-0.4, -0.2) is 20.6 Å². The van der Waals surface area contributed by atoms with E-state index in [1.807, 2.05) is 29.0 Å². The lowest BCUT2D eigenvalue weighted by Gasteiger charge is -2.19. The van der Waals surface area contributed by atoms with Crippen LogP contribution in [0.4, 0.5) is 18.9 Å². The number of halogens is 3. The number of rotatable bonds is 7. The van der Waals surface area contributed by atoms with Crippen LogP contribution < -0.4 is 10.0 Å². The van der Waals surface area contributed by atoms with Crippen molar-refractivity contribution in [1.82, 2.24) is 5.32 Å². The van der Waals surface area contributed by atoms with Crippen LogP contribution in [0.1, 0.15) is 49.4 Å². The van der Waals surface area contributed by atoms with E-state index in [-0.39, 0.29) is 35.5 Å². The number of hydrogen-bond acceptors (Lipinski definition) is 3. The minimum absolute atomic E-state index is 0.0263. The zero-order chi connectivity index (χ0) is 23.4. The van der Waals surface area contributed by atoms with Crippen molar-refractivity contribution in [3.63, 3.8) is 0 Å². The first-order chi connectivity index (χ1) is 14.1. The second-order valence-corrected chi connectivity index (χ2v) is 10.2. The van der Waals surface area contributed by atoms with E-state index in [1.54, 1.807) is 0 Å². The third-order valence-corrected chi connectivity index (χ3v) is 5.26. The highest BCUT2D eigenvalue weighted by Gasteiger charge is 2.33. The summed E-state index contributed by atoms with van der Waals surface area (Å²) >= 11 is 0. The quantitative estimate of drug-likeness (QED) is 0.638. The molecule has 0 atom stereocenters. The van der Waals surface area contributed by atoms with Crippen LogP contribution in [0.15, 0.2) is 42.5 Å². The fourth-order valence-electron chi connectivity index (χ4n) is 2.98. The second kappa shape index (κ2) is 9.30. The predicted molar refractivity (Wildman–Crippen MR) is 115 cm³/mol. The van der Waals surface area contributed by atoms with E-state index in [9.17, 15) is 26.4 Å². The number of aryl methyl sites for hydroxylation is 1. The average molecular weight is 457 g/mol. The van der Waals surface area contributed by atoms with Crippen molar-refractivity contribution < 1.29 is 26.4 Å². The maximum atomic E-state index is 13.4. The van der Waals surface area contributed by atoms with E-state index in [1.165, 1.54) is 11.6 Å². The molecule has 0 saturated carbocycles. The molecule has 0 bridgehead atoms. The Morgan fingerprint density at radius 2 is 1.61 bits per heavy atom. The Bertz CT molecular complexity index is 1030. The zero-order valence-corrected chi connectivity index (χ0v) is 18.7. The second-order valence-electron chi connectivity index (χ2n) is 8.47. The molecule has 1 amide bonds. The standard InChI is InChI=1S/C22H27F3N2O3S/c1-21(2,3)17-9-5-15(6-10-17)7-12-20(28)26-14-16-8-11-18(27-31(4,29)30)13-19(16)22(23,24)25/h5-6,8-11,13,27H,7,12,14H2,1-4H3,(H,26,28). The average Bonchev–Trinajstić information content (AvgIpc) is 2.63. The monoisotopic (exact) mass is 456 g/mol. The predicted octanol–water partition coefficient (Wildman–Crippen LogP) is 4.62. The topological polar surface area (TPSA) is 75.3 Å². The molecule has 0 radical (unpaired) electrons. The first-order valence-electron chi connectivity index (χ1n) is 9.69. The van der Waals surface area contributed by atoms with E-state index in [0.717, 1.165) is 24.0 Å². The van der Waals surface area contributed by atoms with Crippen LogP contribution >= 0.6 is 0 Å². The fourth-order valence-corrected chi connectivity index (χ4v) is 3.54. The molecule has 31 heavy (non-hydrogen) atoms. The zero-order valence-electron chi connectivity index (χ0n) is 17.9. The number of nitrogens with one attached hydrogen (secondary N) is 2. The smallest absolute Gasteiger partial charge is 0.352 e. The van der Waals surface area contributed by atoms with Crippen molar-refractivity contribution >= 4 is 21.6 Å². The number of benzene rings is 2. The molecule has 0 aliphatic rings. The molecule has 0 spiro atoms. The van der Waals surface area contributed by atoms with Gasteiger partial charge in [0.05, 0.1) is 11.8 Å². The lowest BCUT2D eigenvalue weighted by atomic mass is 9.86. The Kier molecular flexibility index (Phi) is 7.41. The summed E-state index contributed by atoms with van der Waals surface area (Å²) in [5.41, 5.74) is 0.833. The molecular formula is C22H27F3N2O3S. The molecule has 0 aliphatic carbocycles. The summed E-state index contributed by atoms with van der Waals surface area (Å²) in [6.07, 6.45) is -3.22. The molecule has 2 N–H and O–H groups in total. The summed E-state index contributed by atoms with van der Waals surface area (Å²) in [6, 6.07) is 11.0. The van der Waals surface area contributed by atoms with E-state index in [4.69, 9.17) is 0 Å². The van der Waals surface area contributed by atoms with Gasteiger partial charge in [-0.2, -0.15) is 13.2 Å². The molecule has 0 aliphatic heterocycles. The van der Waals surface area contributed by atoms with Crippen molar-refractivity contribution in [1.29, 1.82) is 0 Å². The minimum atomic E-state index is -4.69. The lowest BCUT2D eigenvalue weighted by molar-refractivity contribution is -0.138. The highest BCUT2D eigenvalue weighted by Crippen LogP contribution is 2.34. The Balaban J connectivity index is 2.01. The van der Waals surface area contributed by atoms with Gasteiger partial charge in [-0.1, -0.05) is 51.1 Å². The fraction of sp³-hybridized carbons (Fsp3) is 0.409. The number of sulfonamides is 1. The number of anilines is 1. The van der Waals surface area contributed by atoms with Gasteiger partial charge in [0, 0.05) is 18.7 Å². The highest BCUT2D eigenvalue weighted by molar-refractivity contribution is 7.92. The number of carbonyl (C=O) groups excluding carboxylic acids is 1. The molecule has 0 unspecified atom stereocenters. The van der Waals surface area contributed by atoms with Gasteiger partial charge < -0.3 is 5.32 Å². The van der Waals surface area contributed by atoms with E-state index in [0.29, 0.717) is 6.42 Å². The largest absolute Gasteiger partial charge is 0.416 e. The van der Waals surface area contributed by atoms with Gasteiger partial charge in [-0.25, -0.2) is 8.42 Å². The van der Waals surface area contributed by atoms with Crippen LogP contribution in [-0.2, 0) is 39.4 Å². The summed E-state index contributed by atoms with van der Waals surface area (Å²) in [4.78, 5) is 12.1. The van der Waals surface area contributed by atoms with Crippen molar-refractivity contribution in [2.75, 3.05) is 11.0 Å². The van der Waals surface area contributed by atoms with Crippen molar-refractivity contribution in [2.45, 2.75) is 51.7 Å². The van der Waals surface area contributed by atoms with Gasteiger partial charge >= 0.3 is 6.18 Å². The molecule has 2 aromatic rings. The number of amides is 1. The van der Waals surface area contributed by atoms with Gasteiger partial charge in [0.2, 0.25) is 15.9 Å². The molecule has 9 heteroatoms. The van der Waals surface area contributed by atoms with Crippen molar-refractivity contribution in [3.05, 3.63) is 64.7 Å². The van der Waals surface area contributed by atoms with Crippen LogP contribution in [0.2, 0.25) is 0 Å². The van der Waals surface area contributed by atoms with Crippen LogP contribution in [0.5, 0.6) is 0 Å². The Morgan fingerprint density at radius 3 is 2.13 bits per heavy atom. The normalized spacial score (nSPS) is 12.5. The van der Waals surface area contributed by atoms with Crippen molar-refractivity contribution in [3.8, 4) is 0 Å². The van der Waals surface area contributed by atoms with Gasteiger partial charge in [0.25, 0.3) is 0 Å². The summed E-state index contributed by atoms with van der Waals surface area (Å²) in [6.45, 7) is 6.01. The van der Waals surface area contributed by atoms with Crippen molar-refractivity contribution in [2.24, 2.45) is 0 Å². The van der Waals surface area contributed by atoms with Crippen LogP contribution in [0.3, 0.4) is 0 Å². The first-order valence-corrected chi connectivity index (χ1v) is 11.6. The molecule has 170 valence electrons. The summed E-state index contributed by atoms with van der Waals surface area (Å²) in [5, 5.41) is 2.51. The highest BCUT2D eigenvalue weighted by atomic mass is 32.2. The molecule has 2 rings (SSSR count). The summed E-state index contributed by atoms with van der Waals surface area (Å²) in [7, 11) is -3.71. The van der Waals surface area contributed by atoms with Gasteiger partial charge in [-0.3, -0.25) is 9.52 Å². The molecule has 2 aromatic carbocycles. The van der Waals surface area contributed by atoms with Gasteiger partial charge in [0.15, 0.2) is 0 Å². The molecule has 0 aromatic heterocycles. The van der Waals surface area contributed by atoms with Crippen LogP contribution in [0, 0.1) is 0 Å². The molecule has 0 fully saturated rings. The third kappa shape index (κ3) is 7.90. The first kappa shape index (κ1) is 24.7. The van der Waals surface area contributed by atoms with Gasteiger partial charge in [0.1, 0.15) is 0 Å².